The van der Waals surface area contributed by atoms with Crippen molar-refractivity contribution in [3.63, 3.8) is 0 Å². The molecule has 1 aromatic rings. The van der Waals surface area contributed by atoms with Gasteiger partial charge in [-0.2, -0.15) is 0 Å². The minimum absolute atomic E-state index is 0.644. The quantitative estimate of drug-likeness (QED) is 0.802. The first-order chi connectivity index (χ1) is 8.72. The lowest BCUT2D eigenvalue weighted by Crippen LogP contribution is -2.23. The van der Waals surface area contributed by atoms with E-state index in [4.69, 9.17) is 4.74 Å². The average Bonchev–Trinajstić information content (AvgIpc) is 2.84. The van der Waals surface area contributed by atoms with Gasteiger partial charge in [-0.05, 0) is 26.7 Å². The highest BCUT2D eigenvalue weighted by Crippen LogP contribution is 2.23. The third kappa shape index (κ3) is 3.19. The summed E-state index contributed by atoms with van der Waals surface area (Å²) in [6.45, 7) is 9.97. The molecule has 1 aliphatic rings. The van der Waals surface area contributed by atoms with Crippen molar-refractivity contribution in [3.05, 3.63) is 17.6 Å². The Hall–Kier alpha value is -1.16. The van der Waals surface area contributed by atoms with E-state index in [0.29, 0.717) is 5.92 Å². The first-order valence-corrected chi connectivity index (χ1v) is 6.90. The molecule has 1 unspecified atom stereocenters. The Morgan fingerprint density at radius 3 is 2.94 bits per heavy atom. The molecule has 0 spiro atoms. The lowest BCUT2D eigenvalue weighted by atomic mass is 10.1. The van der Waals surface area contributed by atoms with Gasteiger partial charge in [0.1, 0.15) is 11.6 Å². The molecule has 1 aromatic heterocycles. The Bertz CT molecular complexity index is 395. The molecule has 0 amide bonds. The molecule has 0 aliphatic carbocycles. The molecule has 100 valence electrons. The number of nitrogens with zero attached hydrogens (tertiary/aromatic N) is 3. The summed E-state index contributed by atoms with van der Waals surface area (Å²) < 4.78 is 5.51. The van der Waals surface area contributed by atoms with Crippen LogP contribution < -0.4 is 4.90 Å². The molecule has 0 radical (unpaired) electrons. The van der Waals surface area contributed by atoms with Crippen LogP contribution in [0, 0.1) is 12.8 Å². The first-order valence-electron chi connectivity index (χ1n) is 6.90. The molecular formula is C14H23N3O. The van der Waals surface area contributed by atoms with Crippen LogP contribution >= 0.6 is 0 Å². The standard InChI is InChI=1S/C14H23N3O/c1-4-13-8-14(16-11(3)15-13)17-7-6-12(9-17)10-18-5-2/h8,12H,4-7,9-10H2,1-3H3. The molecule has 0 saturated carbocycles. The average molecular weight is 249 g/mol. The van der Waals surface area contributed by atoms with Crippen LogP contribution in [0.5, 0.6) is 0 Å². The summed E-state index contributed by atoms with van der Waals surface area (Å²) in [5, 5.41) is 0. The van der Waals surface area contributed by atoms with Gasteiger partial charge < -0.3 is 9.64 Å². The Labute approximate surface area is 109 Å². The zero-order valence-corrected chi connectivity index (χ0v) is 11.6. The maximum absolute atomic E-state index is 5.51. The number of hydrogen-bond acceptors (Lipinski definition) is 4. The van der Waals surface area contributed by atoms with Crippen molar-refractivity contribution in [1.82, 2.24) is 9.97 Å². The third-order valence-electron chi connectivity index (χ3n) is 3.41. The molecule has 0 bridgehead atoms. The van der Waals surface area contributed by atoms with E-state index in [1.165, 1.54) is 6.42 Å². The number of aryl methyl sites for hydroxylation is 2. The zero-order chi connectivity index (χ0) is 13.0. The maximum Gasteiger partial charge on any atom is 0.132 e. The highest BCUT2D eigenvalue weighted by molar-refractivity contribution is 5.41. The van der Waals surface area contributed by atoms with Crippen molar-refractivity contribution in [1.29, 1.82) is 0 Å². The summed E-state index contributed by atoms with van der Waals surface area (Å²) in [4.78, 5) is 11.3. The van der Waals surface area contributed by atoms with E-state index in [-0.39, 0.29) is 0 Å². The summed E-state index contributed by atoms with van der Waals surface area (Å²) in [5.74, 6) is 2.60. The summed E-state index contributed by atoms with van der Waals surface area (Å²) in [5.41, 5.74) is 1.13. The molecule has 1 atom stereocenters. The van der Waals surface area contributed by atoms with Gasteiger partial charge in [0.2, 0.25) is 0 Å². The molecule has 1 fully saturated rings. The number of aromatic nitrogens is 2. The summed E-state index contributed by atoms with van der Waals surface area (Å²) in [6.07, 6.45) is 2.16. The smallest absolute Gasteiger partial charge is 0.132 e. The number of ether oxygens (including phenoxy) is 1. The molecule has 4 nitrogen and oxygen atoms in total. The van der Waals surface area contributed by atoms with Crippen molar-refractivity contribution in [2.75, 3.05) is 31.2 Å². The predicted molar refractivity (Wildman–Crippen MR) is 73.0 cm³/mol. The predicted octanol–water partition coefficient (Wildman–Crippen LogP) is 2.21. The molecule has 0 N–H and O–H groups in total. The lowest BCUT2D eigenvalue weighted by molar-refractivity contribution is 0.117. The summed E-state index contributed by atoms with van der Waals surface area (Å²) in [7, 11) is 0. The molecule has 4 heteroatoms. The normalized spacial score (nSPS) is 19.5. The van der Waals surface area contributed by atoms with E-state index in [9.17, 15) is 0 Å². The van der Waals surface area contributed by atoms with Gasteiger partial charge in [0, 0.05) is 37.4 Å². The van der Waals surface area contributed by atoms with Crippen LogP contribution in [0.4, 0.5) is 5.82 Å². The van der Waals surface area contributed by atoms with Crippen LogP contribution in [0.2, 0.25) is 0 Å². The monoisotopic (exact) mass is 249 g/mol. The topological polar surface area (TPSA) is 38.2 Å². The largest absolute Gasteiger partial charge is 0.381 e. The lowest BCUT2D eigenvalue weighted by Gasteiger charge is -2.18. The van der Waals surface area contributed by atoms with Gasteiger partial charge in [-0.1, -0.05) is 6.92 Å². The van der Waals surface area contributed by atoms with E-state index in [2.05, 4.69) is 27.9 Å². The Kier molecular flexibility index (Phi) is 4.53. The fraction of sp³-hybridized carbons (Fsp3) is 0.714. The van der Waals surface area contributed by atoms with Crippen LogP contribution in [0.15, 0.2) is 6.07 Å². The minimum Gasteiger partial charge on any atom is -0.381 e. The second kappa shape index (κ2) is 6.14. The van der Waals surface area contributed by atoms with Gasteiger partial charge in [-0.15, -0.1) is 0 Å². The van der Waals surface area contributed by atoms with Gasteiger partial charge in [-0.3, -0.25) is 0 Å². The first kappa shape index (κ1) is 13.3. The molecule has 1 aliphatic heterocycles. The number of rotatable bonds is 5. The Balaban J connectivity index is 2.02. The minimum atomic E-state index is 0.644. The zero-order valence-electron chi connectivity index (χ0n) is 11.6. The van der Waals surface area contributed by atoms with Crippen molar-refractivity contribution in [2.24, 2.45) is 5.92 Å². The highest BCUT2D eigenvalue weighted by Gasteiger charge is 2.23. The van der Waals surface area contributed by atoms with E-state index < -0.39 is 0 Å². The Morgan fingerprint density at radius 1 is 1.39 bits per heavy atom. The van der Waals surface area contributed by atoms with Crippen molar-refractivity contribution >= 4 is 5.82 Å². The van der Waals surface area contributed by atoms with Gasteiger partial charge >= 0.3 is 0 Å². The molecule has 2 heterocycles. The fourth-order valence-corrected chi connectivity index (χ4v) is 2.42. The number of hydrogen-bond donors (Lipinski definition) is 0. The van der Waals surface area contributed by atoms with Crippen LogP contribution in [-0.4, -0.2) is 36.3 Å². The van der Waals surface area contributed by atoms with Crippen LogP contribution in [0.3, 0.4) is 0 Å². The summed E-state index contributed by atoms with van der Waals surface area (Å²) in [6, 6.07) is 2.12. The fourth-order valence-electron chi connectivity index (χ4n) is 2.42. The second-order valence-corrected chi connectivity index (χ2v) is 4.88. The van der Waals surface area contributed by atoms with E-state index >= 15 is 0 Å². The van der Waals surface area contributed by atoms with Crippen molar-refractivity contribution in [2.45, 2.75) is 33.6 Å². The van der Waals surface area contributed by atoms with E-state index in [1.54, 1.807) is 0 Å². The van der Waals surface area contributed by atoms with Gasteiger partial charge in [0.25, 0.3) is 0 Å². The molecule has 0 aromatic carbocycles. The van der Waals surface area contributed by atoms with Gasteiger partial charge in [0.05, 0.1) is 6.61 Å². The second-order valence-electron chi connectivity index (χ2n) is 4.88. The molecular weight excluding hydrogens is 226 g/mol. The van der Waals surface area contributed by atoms with Crippen LogP contribution in [0.1, 0.15) is 31.8 Å². The summed E-state index contributed by atoms with van der Waals surface area (Å²) >= 11 is 0. The molecule has 1 saturated heterocycles. The SMILES string of the molecule is CCOCC1CCN(c2cc(CC)nc(C)n2)C1. The van der Waals surface area contributed by atoms with Crippen LogP contribution in [-0.2, 0) is 11.2 Å². The van der Waals surface area contributed by atoms with E-state index in [0.717, 1.165) is 50.1 Å². The third-order valence-corrected chi connectivity index (χ3v) is 3.41. The van der Waals surface area contributed by atoms with Crippen LogP contribution in [0.25, 0.3) is 0 Å². The van der Waals surface area contributed by atoms with Crippen molar-refractivity contribution < 1.29 is 4.74 Å². The molecule has 18 heavy (non-hydrogen) atoms. The number of anilines is 1. The highest BCUT2D eigenvalue weighted by atomic mass is 16.5. The Morgan fingerprint density at radius 2 is 2.22 bits per heavy atom. The van der Waals surface area contributed by atoms with Gasteiger partial charge in [0.15, 0.2) is 0 Å². The van der Waals surface area contributed by atoms with Crippen molar-refractivity contribution in [3.8, 4) is 0 Å². The molecule has 2 rings (SSSR count). The maximum atomic E-state index is 5.51. The van der Waals surface area contributed by atoms with E-state index in [1.807, 2.05) is 13.8 Å². The van der Waals surface area contributed by atoms with Gasteiger partial charge in [-0.25, -0.2) is 9.97 Å².